The van der Waals surface area contributed by atoms with Gasteiger partial charge < -0.3 is 4.74 Å². The first-order valence-electron chi connectivity index (χ1n) is 10.9. The number of ether oxygens (including phenoxy) is 1. The molecule has 164 valence electrons. The predicted octanol–water partition coefficient (Wildman–Crippen LogP) is 6.42. The van der Waals surface area contributed by atoms with E-state index in [-0.39, 0.29) is 5.91 Å². The minimum absolute atomic E-state index is 0.0952. The molecule has 0 fully saturated rings. The van der Waals surface area contributed by atoms with E-state index < -0.39 is 0 Å². The lowest BCUT2D eigenvalue weighted by atomic mass is 10.1. The van der Waals surface area contributed by atoms with Crippen LogP contribution in [-0.2, 0) is 6.54 Å². The van der Waals surface area contributed by atoms with Gasteiger partial charge in [-0.05, 0) is 66.9 Å². The topological polar surface area (TPSA) is 55.3 Å². The van der Waals surface area contributed by atoms with Crippen LogP contribution in [0.5, 0.6) is 5.75 Å². The summed E-state index contributed by atoms with van der Waals surface area (Å²) in [6, 6.07) is 17.4. The summed E-state index contributed by atoms with van der Waals surface area (Å²) in [5, 5.41) is 0.680. The van der Waals surface area contributed by atoms with Crippen LogP contribution in [-0.4, -0.2) is 22.5 Å². The molecule has 0 bridgehead atoms. The van der Waals surface area contributed by atoms with Gasteiger partial charge in [-0.2, -0.15) is 0 Å². The molecule has 0 atom stereocenters. The highest BCUT2D eigenvalue weighted by Gasteiger charge is 2.22. The highest BCUT2D eigenvalue weighted by atomic mass is 32.1. The van der Waals surface area contributed by atoms with Crippen molar-refractivity contribution in [2.45, 2.75) is 39.7 Å². The third kappa shape index (κ3) is 5.32. The number of hydrogen-bond acceptors (Lipinski definition) is 5. The highest BCUT2D eigenvalue weighted by molar-refractivity contribution is 7.22. The number of unbranched alkanes of at least 4 members (excludes halogenated alkanes) is 2. The van der Waals surface area contributed by atoms with E-state index in [1.165, 1.54) is 16.9 Å². The molecule has 6 heteroatoms. The van der Waals surface area contributed by atoms with Gasteiger partial charge in [0.25, 0.3) is 5.91 Å². The molecule has 0 aliphatic carbocycles. The maximum absolute atomic E-state index is 13.5. The van der Waals surface area contributed by atoms with Crippen molar-refractivity contribution in [1.29, 1.82) is 0 Å². The van der Waals surface area contributed by atoms with E-state index in [9.17, 15) is 4.79 Å². The van der Waals surface area contributed by atoms with Gasteiger partial charge in [0.2, 0.25) is 0 Å². The number of rotatable bonds is 9. The van der Waals surface area contributed by atoms with Gasteiger partial charge >= 0.3 is 0 Å². The highest BCUT2D eigenvalue weighted by Crippen LogP contribution is 2.31. The Morgan fingerprint density at radius 2 is 1.94 bits per heavy atom. The number of fused-ring (bicyclic) bond motifs is 1. The first kappa shape index (κ1) is 22.0. The van der Waals surface area contributed by atoms with E-state index in [0.29, 0.717) is 23.8 Å². The van der Waals surface area contributed by atoms with Crippen LogP contribution < -0.4 is 9.64 Å². The summed E-state index contributed by atoms with van der Waals surface area (Å²) in [6.45, 7) is 5.33. The van der Waals surface area contributed by atoms with Crippen molar-refractivity contribution in [2.24, 2.45) is 0 Å². The summed E-state index contributed by atoms with van der Waals surface area (Å²) in [5.74, 6) is 0.689. The van der Waals surface area contributed by atoms with Crippen molar-refractivity contribution in [3.8, 4) is 5.75 Å². The monoisotopic (exact) mass is 445 g/mol. The Hall–Kier alpha value is -3.25. The zero-order valence-electron chi connectivity index (χ0n) is 18.5. The zero-order valence-corrected chi connectivity index (χ0v) is 19.3. The Morgan fingerprint density at radius 1 is 1.09 bits per heavy atom. The number of aromatic nitrogens is 2. The van der Waals surface area contributed by atoms with E-state index in [4.69, 9.17) is 9.72 Å². The van der Waals surface area contributed by atoms with E-state index in [2.05, 4.69) is 24.9 Å². The summed E-state index contributed by atoms with van der Waals surface area (Å²) in [6.07, 6.45) is 6.87. The van der Waals surface area contributed by atoms with Crippen LogP contribution in [0.1, 0.15) is 47.7 Å². The molecule has 0 aliphatic heterocycles. The minimum Gasteiger partial charge on any atom is -0.494 e. The Bertz CT molecular complexity index is 1170. The van der Waals surface area contributed by atoms with Crippen LogP contribution in [0.15, 0.2) is 67.0 Å². The van der Waals surface area contributed by atoms with Crippen molar-refractivity contribution in [3.05, 3.63) is 83.7 Å². The van der Waals surface area contributed by atoms with Crippen LogP contribution in [0.25, 0.3) is 10.2 Å². The van der Waals surface area contributed by atoms with E-state index in [1.54, 1.807) is 17.3 Å². The number of nitrogens with zero attached hydrogens (tertiary/aromatic N) is 3. The number of hydrogen-bond donors (Lipinski definition) is 0. The van der Waals surface area contributed by atoms with Crippen molar-refractivity contribution in [3.63, 3.8) is 0 Å². The smallest absolute Gasteiger partial charge is 0.260 e. The molecule has 2 aromatic carbocycles. The van der Waals surface area contributed by atoms with Gasteiger partial charge in [0.15, 0.2) is 5.13 Å². The molecular formula is C26H27N3O2S. The van der Waals surface area contributed by atoms with Crippen molar-refractivity contribution < 1.29 is 9.53 Å². The Morgan fingerprint density at radius 3 is 2.69 bits per heavy atom. The zero-order chi connectivity index (χ0) is 22.3. The number of aryl methyl sites for hydroxylation is 1. The average Bonchev–Trinajstić information content (AvgIpc) is 3.24. The number of thiazole rings is 1. The first-order valence-corrected chi connectivity index (χ1v) is 11.8. The van der Waals surface area contributed by atoms with Gasteiger partial charge in [-0.1, -0.05) is 43.2 Å². The molecule has 0 saturated carbocycles. The summed E-state index contributed by atoms with van der Waals surface area (Å²) in [5.41, 5.74) is 3.63. The standard InChI is InChI=1S/C26H27N3O2S/c1-3-4-5-15-31-22-11-9-21(10-12-22)25(30)29(18-20-7-6-14-27-17-20)26-28-23-13-8-19(2)16-24(23)32-26/h6-14,16-17H,3-5,15,18H2,1-2H3. The second kappa shape index (κ2) is 10.4. The molecule has 0 radical (unpaired) electrons. The van der Waals surface area contributed by atoms with E-state index in [0.717, 1.165) is 40.8 Å². The number of amides is 1. The third-order valence-electron chi connectivity index (χ3n) is 5.19. The molecular weight excluding hydrogens is 418 g/mol. The van der Waals surface area contributed by atoms with Gasteiger partial charge in [0.05, 0.1) is 23.4 Å². The Kier molecular flexibility index (Phi) is 7.12. The van der Waals surface area contributed by atoms with Crippen LogP contribution >= 0.6 is 11.3 Å². The summed E-state index contributed by atoms with van der Waals surface area (Å²) >= 11 is 1.53. The van der Waals surface area contributed by atoms with Crippen LogP contribution in [0.2, 0.25) is 0 Å². The number of pyridine rings is 1. The molecule has 1 amide bonds. The van der Waals surface area contributed by atoms with Crippen molar-refractivity contribution in [1.82, 2.24) is 9.97 Å². The fourth-order valence-electron chi connectivity index (χ4n) is 3.43. The fraction of sp³-hybridized carbons (Fsp3) is 0.269. The Balaban J connectivity index is 1.59. The van der Waals surface area contributed by atoms with Gasteiger partial charge in [-0.3, -0.25) is 14.7 Å². The molecule has 0 saturated heterocycles. The maximum Gasteiger partial charge on any atom is 0.260 e. The predicted molar refractivity (Wildman–Crippen MR) is 131 cm³/mol. The lowest BCUT2D eigenvalue weighted by Crippen LogP contribution is -2.30. The number of carbonyl (C=O) groups excluding carboxylic acids is 1. The molecule has 2 heterocycles. The van der Waals surface area contributed by atoms with E-state index in [1.807, 2.05) is 48.5 Å². The normalized spacial score (nSPS) is 10.9. The van der Waals surface area contributed by atoms with Gasteiger partial charge in [0.1, 0.15) is 5.75 Å². The number of benzene rings is 2. The molecule has 4 aromatic rings. The lowest BCUT2D eigenvalue weighted by molar-refractivity contribution is 0.0985. The molecule has 0 unspecified atom stereocenters. The summed E-state index contributed by atoms with van der Waals surface area (Å²) in [4.78, 5) is 24.2. The second-order valence-corrected chi connectivity index (χ2v) is 8.81. The lowest BCUT2D eigenvalue weighted by Gasteiger charge is -2.20. The Labute approximate surface area is 192 Å². The summed E-state index contributed by atoms with van der Waals surface area (Å²) in [7, 11) is 0. The van der Waals surface area contributed by atoms with Crippen LogP contribution in [0, 0.1) is 6.92 Å². The average molecular weight is 446 g/mol. The molecule has 0 spiro atoms. The van der Waals surface area contributed by atoms with Gasteiger partial charge in [-0.25, -0.2) is 4.98 Å². The van der Waals surface area contributed by atoms with Gasteiger partial charge in [-0.15, -0.1) is 0 Å². The first-order chi connectivity index (χ1) is 15.6. The largest absolute Gasteiger partial charge is 0.494 e. The second-order valence-electron chi connectivity index (χ2n) is 7.80. The SMILES string of the molecule is CCCCCOc1ccc(C(=O)N(Cc2cccnc2)c2nc3ccc(C)cc3s2)cc1. The fourth-order valence-corrected chi connectivity index (χ4v) is 4.49. The molecule has 4 rings (SSSR count). The van der Waals surface area contributed by atoms with Crippen LogP contribution in [0.4, 0.5) is 5.13 Å². The van der Waals surface area contributed by atoms with Gasteiger partial charge in [0, 0.05) is 18.0 Å². The molecule has 5 nitrogen and oxygen atoms in total. The van der Waals surface area contributed by atoms with E-state index >= 15 is 0 Å². The molecule has 0 N–H and O–H groups in total. The molecule has 2 aromatic heterocycles. The summed E-state index contributed by atoms with van der Waals surface area (Å²) < 4.78 is 6.86. The van der Waals surface area contributed by atoms with Crippen LogP contribution in [0.3, 0.4) is 0 Å². The minimum atomic E-state index is -0.0952. The maximum atomic E-state index is 13.5. The molecule has 0 aliphatic rings. The third-order valence-corrected chi connectivity index (χ3v) is 6.23. The quantitative estimate of drug-likeness (QED) is 0.279. The molecule has 32 heavy (non-hydrogen) atoms. The van der Waals surface area contributed by atoms with Crippen molar-refractivity contribution >= 4 is 32.6 Å². The number of carbonyl (C=O) groups is 1. The number of anilines is 1. The van der Waals surface area contributed by atoms with Crippen molar-refractivity contribution in [2.75, 3.05) is 11.5 Å².